The summed E-state index contributed by atoms with van der Waals surface area (Å²) >= 11 is 3.83. The highest BCUT2D eigenvalue weighted by molar-refractivity contribution is 7.36. The van der Waals surface area contributed by atoms with Crippen LogP contribution in [0.5, 0.6) is 0 Å². The average molecular weight is 483 g/mol. The Kier molecular flexibility index (Phi) is 4.83. The topological polar surface area (TPSA) is 0 Å². The fourth-order valence-electron chi connectivity index (χ4n) is 4.84. The molecule has 5 aromatic carbocycles. The number of fused-ring (bicyclic) bond motifs is 5. The number of aryl methyl sites for hydroxylation is 1. The lowest BCUT2D eigenvalue weighted by molar-refractivity contribution is 1.47. The zero-order valence-corrected chi connectivity index (χ0v) is 20.9. The van der Waals surface area contributed by atoms with Gasteiger partial charge in [-0.2, -0.15) is 0 Å². The normalized spacial score (nSPS) is 11.6. The fourth-order valence-corrected chi connectivity index (χ4v) is 7.53. The summed E-state index contributed by atoms with van der Waals surface area (Å²) in [5.74, 6) is 0. The van der Waals surface area contributed by atoms with Gasteiger partial charge in [-0.05, 0) is 52.4 Å². The van der Waals surface area contributed by atoms with Crippen molar-refractivity contribution < 1.29 is 0 Å². The largest absolute Gasteiger partial charge is 0.134 e. The van der Waals surface area contributed by atoms with Gasteiger partial charge in [0.05, 0.1) is 9.40 Å². The Morgan fingerprint density at radius 2 is 0.829 bits per heavy atom. The molecule has 0 saturated carbocycles. The Morgan fingerprint density at radius 3 is 1.43 bits per heavy atom. The van der Waals surface area contributed by atoms with Crippen LogP contribution in [0.15, 0.2) is 115 Å². The molecule has 0 N–H and O–H groups in total. The van der Waals surface area contributed by atoms with E-state index in [4.69, 9.17) is 0 Å². The molecule has 2 heteroatoms. The van der Waals surface area contributed by atoms with Crippen molar-refractivity contribution in [2.45, 2.75) is 6.92 Å². The van der Waals surface area contributed by atoms with Crippen LogP contribution >= 0.6 is 22.7 Å². The number of rotatable bonds is 3. The molecule has 0 bridgehead atoms. The minimum Gasteiger partial charge on any atom is -0.134 e. The van der Waals surface area contributed by atoms with Gasteiger partial charge in [-0.25, -0.2) is 0 Å². The van der Waals surface area contributed by atoms with Crippen molar-refractivity contribution in [2.75, 3.05) is 0 Å². The molecule has 0 saturated heterocycles. The molecule has 2 aromatic heterocycles. The summed E-state index contributed by atoms with van der Waals surface area (Å²) < 4.78 is 5.58. The highest BCUT2D eigenvalue weighted by Crippen LogP contribution is 2.45. The van der Waals surface area contributed by atoms with Crippen molar-refractivity contribution in [2.24, 2.45) is 0 Å². The molecular formula is C33H22S2. The molecule has 2 heterocycles. The summed E-state index contributed by atoms with van der Waals surface area (Å²) in [6.45, 7) is 2.12. The van der Waals surface area contributed by atoms with E-state index in [2.05, 4.69) is 122 Å². The third-order valence-electron chi connectivity index (χ3n) is 6.81. The number of hydrogen-bond acceptors (Lipinski definition) is 2. The van der Waals surface area contributed by atoms with Crippen LogP contribution in [-0.2, 0) is 0 Å². The second-order valence-corrected chi connectivity index (χ2v) is 11.2. The summed E-state index contributed by atoms with van der Waals surface area (Å²) in [7, 11) is 0. The summed E-state index contributed by atoms with van der Waals surface area (Å²) in [5.41, 5.74) is 8.82. The van der Waals surface area contributed by atoms with E-state index >= 15 is 0 Å². The smallest absolute Gasteiger partial charge is 0.0542 e. The second kappa shape index (κ2) is 8.20. The van der Waals surface area contributed by atoms with Crippen molar-refractivity contribution in [3.05, 3.63) is 121 Å². The van der Waals surface area contributed by atoms with Gasteiger partial charge in [0.15, 0.2) is 0 Å². The standard InChI is InChI=1S/C33H22S2/c1-21-6-8-22(9-7-21)23-10-12-24(13-11-23)25-14-16-26(17-15-25)27-18-19-29-31(20-27)35-32-28-4-2-3-5-30(28)34-33(29)32/h2-20H,1H3. The molecule has 35 heavy (non-hydrogen) atoms. The van der Waals surface area contributed by atoms with Gasteiger partial charge >= 0.3 is 0 Å². The summed E-state index contributed by atoms with van der Waals surface area (Å²) in [5, 5.41) is 2.76. The van der Waals surface area contributed by atoms with Crippen molar-refractivity contribution in [1.82, 2.24) is 0 Å². The maximum absolute atomic E-state index is 2.35. The van der Waals surface area contributed by atoms with E-state index in [1.807, 2.05) is 22.7 Å². The van der Waals surface area contributed by atoms with Crippen molar-refractivity contribution >= 4 is 52.2 Å². The SMILES string of the molecule is Cc1ccc(-c2ccc(-c3ccc(-c4ccc5c(c4)sc4c6ccccc6sc54)cc3)cc2)cc1. The van der Waals surface area contributed by atoms with Crippen LogP contribution in [0.3, 0.4) is 0 Å². The zero-order chi connectivity index (χ0) is 23.4. The van der Waals surface area contributed by atoms with E-state index in [0.717, 1.165) is 0 Å². The van der Waals surface area contributed by atoms with Gasteiger partial charge in [0, 0.05) is 20.2 Å². The predicted octanol–water partition coefficient (Wildman–Crippen LogP) is 10.6. The Bertz CT molecular complexity index is 1810. The highest BCUT2D eigenvalue weighted by atomic mass is 32.1. The van der Waals surface area contributed by atoms with E-state index in [0.29, 0.717) is 0 Å². The zero-order valence-electron chi connectivity index (χ0n) is 19.3. The molecule has 0 aliphatic carbocycles. The van der Waals surface area contributed by atoms with Crippen LogP contribution in [0.1, 0.15) is 5.56 Å². The summed E-state index contributed by atoms with van der Waals surface area (Å²) in [4.78, 5) is 0. The molecule has 0 fully saturated rings. The van der Waals surface area contributed by atoms with Crippen LogP contribution in [0, 0.1) is 6.92 Å². The van der Waals surface area contributed by atoms with Crippen LogP contribution in [0.2, 0.25) is 0 Å². The van der Waals surface area contributed by atoms with Gasteiger partial charge < -0.3 is 0 Å². The maximum Gasteiger partial charge on any atom is 0.0542 e. The molecule has 7 rings (SSSR count). The molecule has 0 amide bonds. The van der Waals surface area contributed by atoms with Gasteiger partial charge in [-0.1, -0.05) is 109 Å². The first-order valence-corrected chi connectivity index (χ1v) is 13.5. The fraction of sp³-hybridized carbons (Fsp3) is 0.0303. The molecule has 0 atom stereocenters. The minimum absolute atomic E-state index is 1.24. The minimum atomic E-state index is 1.24. The van der Waals surface area contributed by atoms with Crippen molar-refractivity contribution in [3.63, 3.8) is 0 Å². The van der Waals surface area contributed by atoms with E-state index in [-0.39, 0.29) is 0 Å². The molecule has 166 valence electrons. The first-order chi connectivity index (χ1) is 17.2. The van der Waals surface area contributed by atoms with Crippen LogP contribution in [0.25, 0.3) is 63.0 Å². The molecule has 0 aliphatic rings. The molecule has 0 nitrogen and oxygen atoms in total. The Hall–Kier alpha value is -3.72. The molecule has 7 aromatic rings. The monoisotopic (exact) mass is 482 g/mol. The third kappa shape index (κ3) is 3.58. The molecular weight excluding hydrogens is 460 g/mol. The lowest BCUT2D eigenvalue weighted by Crippen LogP contribution is -1.82. The quantitative estimate of drug-likeness (QED) is 0.235. The number of hydrogen-bond donors (Lipinski definition) is 0. The highest BCUT2D eigenvalue weighted by Gasteiger charge is 2.12. The molecule has 0 spiro atoms. The predicted molar refractivity (Wildman–Crippen MR) is 156 cm³/mol. The summed E-state index contributed by atoms with van der Waals surface area (Å²) in [6, 6.07) is 42.2. The molecule has 0 unspecified atom stereocenters. The lowest BCUT2D eigenvalue weighted by Gasteiger charge is -2.07. The van der Waals surface area contributed by atoms with Crippen molar-refractivity contribution in [1.29, 1.82) is 0 Å². The first kappa shape index (κ1) is 20.6. The van der Waals surface area contributed by atoms with E-state index in [1.54, 1.807) is 0 Å². The summed E-state index contributed by atoms with van der Waals surface area (Å²) in [6.07, 6.45) is 0. The van der Waals surface area contributed by atoms with Gasteiger partial charge in [-0.3, -0.25) is 0 Å². The van der Waals surface area contributed by atoms with Crippen LogP contribution < -0.4 is 0 Å². The first-order valence-electron chi connectivity index (χ1n) is 11.8. The number of benzene rings is 5. The average Bonchev–Trinajstić information content (AvgIpc) is 3.45. The van der Waals surface area contributed by atoms with Crippen molar-refractivity contribution in [3.8, 4) is 33.4 Å². The Morgan fingerprint density at radius 1 is 0.400 bits per heavy atom. The Labute approximate surface area is 212 Å². The Balaban J connectivity index is 1.19. The molecule has 0 radical (unpaired) electrons. The lowest BCUT2D eigenvalue weighted by atomic mass is 9.97. The van der Waals surface area contributed by atoms with Gasteiger partial charge in [0.2, 0.25) is 0 Å². The van der Waals surface area contributed by atoms with Gasteiger partial charge in [0.1, 0.15) is 0 Å². The van der Waals surface area contributed by atoms with Crippen LogP contribution in [0.4, 0.5) is 0 Å². The van der Waals surface area contributed by atoms with E-state index in [1.165, 1.54) is 68.5 Å². The van der Waals surface area contributed by atoms with E-state index < -0.39 is 0 Å². The van der Waals surface area contributed by atoms with Crippen LogP contribution in [-0.4, -0.2) is 0 Å². The maximum atomic E-state index is 2.35. The van der Waals surface area contributed by atoms with Gasteiger partial charge in [-0.15, -0.1) is 22.7 Å². The molecule has 0 aliphatic heterocycles. The third-order valence-corrected chi connectivity index (χ3v) is 9.33. The number of thiophene rings is 2. The second-order valence-electron chi connectivity index (χ2n) is 9.09. The van der Waals surface area contributed by atoms with E-state index in [9.17, 15) is 0 Å². The van der Waals surface area contributed by atoms with Gasteiger partial charge in [0.25, 0.3) is 0 Å².